The average molecular weight is 211 g/mol. The van der Waals surface area contributed by atoms with Gasteiger partial charge in [-0.15, -0.1) is 0 Å². The molecule has 1 aromatic rings. The van der Waals surface area contributed by atoms with Crippen LogP contribution in [0.15, 0.2) is 24.3 Å². The summed E-state index contributed by atoms with van der Waals surface area (Å²) in [5, 5.41) is 18.6. The molecule has 6 heteroatoms. The van der Waals surface area contributed by atoms with E-state index in [2.05, 4.69) is 0 Å². The summed E-state index contributed by atoms with van der Waals surface area (Å²) in [6.07, 6.45) is 0. The molecular formula is C9H9NO5. The summed E-state index contributed by atoms with van der Waals surface area (Å²) in [5.41, 5.74) is 0.693. The van der Waals surface area contributed by atoms with Crippen molar-refractivity contribution in [3.8, 4) is 0 Å². The highest BCUT2D eigenvalue weighted by atomic mass is 16.6. The van der Waals surface area contributed by atoms with Crippen LogP contribution in [0.5, 0.6) is 0 Å². The van der Waals surface area contributed by atoms with E-state index in [1.54, 1.807) is 0 Å². The maximum atomic E-state index is 10.3. The summed E-state index contributed by atoms with van der Waals surface area (Å²) >= 11 is 0. The molecule has 15 heavy (non-hydrogen) atoms. The number of rotatable bonds is 5. The van der Waals surface area contributed by atoms with Gasteiger partial charge in [-0.3, -0.25) is 10.1 Å². The summed E-state index contributed by atoms with van der Waals surface area (Å²) in [6.45, 7) is -0.249. The summed E-state index contributed by atoms with van der Waals surface area (Å²) in [5.74, 6) is -1.04. The molecule has 6 nitrogen and oxygen atoms in total. The summed E-state index contributed by atoms with van der Waals surface area (Å²) < 4.78 is 4.81. The quantitative estimate of drug-likeness (QED) is 0.583. The van der Waals surface area contributed by atoms with Gasteiger partial charge >= 0.3 is 5.97 Å². The zero-order chi connectivity index (χ0) is 11.3. The van der Waals surface area contributed by atoms with Crippen molar-refractivity contribution in [1.29, 1.82) is 0 Å². The topological polar surface area (TPSA) is 89.7 Å². The van der Waals surface area contributed by atoms with Gasteiger partial charge in [-0.25, -0.2) is 4.79 Å². The van der Waals surface area contributed by atoms with Gasteiger partial charge in [0.1, 0.15) is 6.61 Å². The maximum absolute atomic E-state index is 10.3. The molecule has 0 atom stereocenters. The van der Waals surface area contributed by atoms with Gasteiger partial charge in [-0.05, 0) is 17.7 Å². The maximum Gasteiger partial charge on any atom is 0.329 e. The Balaban J connectivity index is 2.50. The Morgan fingerprint density at radius 1 is 1.40 bits per heavy atom. The molecule has 0 spiro atoms. The number of carboxylic acid groups (broad SMARTS) is 1. The van der Waals surface area contributed by atoms with E-state index in [-0.39, 0.29) is 18.9 Å². The first kappa shape index (κ1) is 11.1. The Morgan fingerprint density at radius 3 is 2.47 bits per heavy atom. The van der Waals surface area contributed by atoms with Crippen LogP contribution in [0.3, 0.4) is 0 Å². The molecule has 1 rings (SSSR count). The first-order valence-electron chi connectivity index (χ1n) is 4.12. The Kier molecular flexibility index (Phi) is 3.75. The number of benzene rings is 1. The molecule has 80 valence electrons. The number of carbonyl (C=O) groups is 1. The van der Waals surface area contributed by atoms with Crippen molar-refractivity contribution in [2.75, 3.05) is 6.61 Å². The predicted molar refractivity (Wildman–Crippen MR) is 50.4 cm³/mol. The van der Waals surface area contributed by atoms with Crippen LogP contribution in [0.25, 0.3) is 0 Å². The van der Waals surface area contributed by atoms with Gasteiger partial charge in [0.05, 0.1) is 11.5 Å². The largest absolute Gasteiger partial charge is 0.480 e. The average Bonchev–Trinajstić information content (AvgIpc) is 2.18. The Labute approximate surface area is 85.2 Å². The van der Waals surface area contributed by atoms with E-state index in [1.807, 2.05) is 0 Å². The molecule has 0 unspecified atom stereocenters. The molecule has 1 aromatic carbocycles. The third kappa shape index (κ3) is 3.74. The lowest BCUT2D eigenvalue weighted by atomic mass is 10.2. The molecule has 0 amide bonds. The van der Waals surface area contributed by atoms with Crippen LogP contribution in [0.4, 0.5) is 5.69 Å². The normalized spacial score (nSPS) is 9.87. The number of hydrogen-bond acceptors (Lipinski definition) is 4. The number of ether oxygens (including phenoxy) is 1. The summed E-state index contributed by atoms with van der Waals surface area (Å²) in [6, 6.07) is 5.75. The number of hydrogen-bond donors (Lipinski definition) is 1. The van der Waals surface area contributed by atoms with Crippen molar-refractivity contribution in [3.05, 3.63) is 39.9 Å². The molecule has 0 fully saturated rings. The fourth-order valence-electron chi connectivity index (χ4n) is 0.970. The van der Waals surface area contributed by atoms with E-state index < -0.39 is 10.9 Å². The van der Waals surface area contributed by atoms with E-state index in [0.717, 1.165) is 0 Å². The molecule has 0 saturated heterocycles. The van der Waals surface area contributed by atoms with Crippen LogP contribution in [0.1, 0.15) is 5.56 Å². The van der Waals surface area contributed by atoms with Gasteiger partial charge in [-0.2, -0.15) is 0 Å². The molecule has 0 radical (unpaired) electrons. The number of nitro groups is 1. The highest BCUT2D eigenvalue weighted by molar-refractivity contribution is 5.67. The molecule has 0 saturated carbocycles. The van der Waals surface area contributed by atoms with Crippen LogP contribution in [0, 0.1) is 10.1 Å². The first-order valence-corrected chi connectivity index (χ1v) is 4.12. The SMILES string of the molecule is O=C(O)COCc1ccc([N+](=O)[O-])cc1. The minimum atomic E-state index is -1.04. The zero-order valence-corrected chi connectivity index (χ0v) is 7.75. The minimum Gasteiger partial charge on any atom is -0.480 e. The van der Waals surface area contributed by atoms with E-state index in [0.29, 0.717) is 5.56 Å². The molecule has 0 heterocycles. The van der Waals surface area contributed by atoms with Crippen LogP contribution >= 0.6 is 0 Å². The van der Waals surface area contributed by atoms with E-state index >= 15 is 0 Å². The van der Waals surface area contributed by atoms with Crippen molar-refractivity contribution < 1.29 is 19.6 Å². The number of nitrogens with zero attached hydrogens (tertiary/aromatic N) is 1. The monoisotopic (exact) mass is 211 g/mol. The first-order chi connectivity index (χ1) is 7.09. The lowest BCUT2D eigenvalue weighted by Crippen LogP contribution is -2.06. The van der Waals surface area contributed by atoms with Gasteiger partial charge in [0.15, 0.2) is 0 Å². The Bertz CT molecular complexity index is 359. The Hall–Kier alpha value is -1.95. The van der Waals surface area contributed by atoms with Gasteiger partial charge in [-0.1, -0.05) is 0 Å². The summed E-state index contributed by atoms with van der Waals surface area (Å²) in [4.78, 5) is 19.9. The molecule has 0 aliphatic rings. The highest BCUT2D eigenvalue weighted by Crippen LogP contribution is 2.12. The van der Waals surface area contributed by atoms with Gasteiger partial charge in [0.2, 0.25) is 0 Å². The van der Waals surface area contributed by atoms with E-state index in [9.17, 15) is 14.9 Å². The van der Waals surface area contributed by atoms with Gasteiger partial charge < -0.3 is 9.84 Å². The lowest BCUT2D eigenvalue weighted by molar-refractivity contribution is -0.384. The van der Waals surface area contributed by atoms with E-state index in [1.165, 1.54) is 24.3 Å². The Morgan fingerprint density at radius 2 is 2.00 bits per heavy atom. The van der Waals surface area contributed by atoms with Crippen molar-refractivity contribution >= 4 is 11.7 Å². The fourth-order valence-corrected chi connectivity index (χ4v) is 0.970. The fraction of sp³-hybridized carbons (Fsp3) is 0.222. The molecule has 1 N–H and O–H groups in total. The third-order valence-corrected chi connectivity index (χ3v) is 1.64. The highest BCUT2D eigenvalue weighted by Gasteiger charge is 2.04. The molecule has 0 bridgehead atoms. The number of aliphatic carboxylic acids is 1. The predicted octanol–water partition coefficient (Wildman–Crippen LogP) is 1.20. The molecular weight excluding hydrogens is 202 g/mol. The molecule has 0 aromatic heterocycles. The van der Waals surface area contributed by atoms with Crippen molar-refractivity contribution in [1.82, 2.24) is 0 Å². The minimum absolute atomic E-state index is 0.00279. The molecule has 0 aliphatic heterocycles. The second-order valence-electron chi connectivity index (χ2n) is 2.81. The van der Waals surface area contributed by atoms with Gasteiger partial charge in [0.25, 0.3) is 5.69 Å². The number of nitro benzene ring substituents is 1. The van der Waals surface area contributed by atoms with Crippen LogP contribution in [0.2, 0.25) is 0 Å². The van der Waals surface area contributed by atoms with Crippen LogP contribution in [-0.2, 0) is 16.1 Å². The standard InChI is InChI=1S/C9H9NO5/c11-9(12)6-15-5-7-1-3-8(4-2-7)10(13)14/h1-4H,5-6H2,(H,11,12). The lowest BCUT2D eigenvalue weighted by Gasteiger charge is -2.00. The molecule has 0 aliphatic carbocycles. The van der Waals surface area contributed by atoms with Crippen LogP contribution < -0.4 is 0 Å². The van der Waals surface area contributed by atoms with Crippen molar-refractivity contribution in [2.24, 2.45) is 0 Å². The van der Waals surface area contributed by atoms with Crippen molar-refractivity contribution in [3.63, 3.8) is 0 Å². The van der Waals surface area contributed by atoms with E-state index in [4.69, 9.17) is 9.84 Å². The van der Waals surface area contributed by atoms with Gasteiger partial charge in [0, 0.05) is 12.1 Å². The third-order valence-electron chi connectivity index (χ3n) is 1.64. The number of non-ortho nitro benzene ring substituents is 1. The van der Waals surface area contributed by atoms with Crippen LogP contribution in [-0.4, -0.2) is 22.6 Å². The van der Waals surface area contributed by atoms with Crippen molar-refractivity contribution in [2.45, 2.75) is 6.61 Å². The summed E-state index contributed by atoms with van der Waals surface area (Å²) in [7, 11) is 0. The smallest absolute Gasteiger partial charge is 0.329 e. The number of carboxylic acids is 1. The second-order valence-corrected chi connectivity index (χ2v) is 2.81. The zero-order valence-electron chi connectivity index (χ0n) is 7.75. The second kappa shape index (κ2) is 5.06.